The highest BCUT2D eigenvalue weighted by molar-refractivity contribution is 9.10. The third kappa shape index (κ3) is 5.08. The second kappa shape index (κ2) is 7.87. The molecule has 1 unspecified atom stereocenters. The minimum absolute atomic E-state index is 0.243. The Labute approximate surface area is 169 Å². The summed E-state index contributed by atoms with van der Waals surface area (Å²) in [6, 6.07) is 0. The molecule has 1 atom stereocenters. The number of aliphatic carboxylic acids is 1. The molecule has 2 rings (SSSR count). The van der Waals surface area contributed by atoms with Gasteiger partial charge in [0.2, 0.25) is 0 Å². The summed E-state index contributed by atoms with van der Waals surface area (Å²) in [7, 11) is 0. The molecular formula is C20H29BrN2O4. The van der Waals surface area contributed by atoms with Gasteiger partial charge < -0.3 is 14.7 Å². The van der Waals surface area contributed by atoms with Crippen molar-refractivity contribution in [3.8, 4) is 0 Å². The summed E-state index contributed by atoms with van der Waals surface area (Å²) in [6.07, 6.45) is 1.49. The molecule has 2 heterocycles. The number of aryl methyl sites for hydroxylation is 1. The maximum Gasteiger partial charge on any atom is 0.337 e. The molecule has 1 fully saturated rings. The van der Waals surface area contributed by atoms with Crippen LogP contribution in [0.1, 0.15) is 75.3 Å². The first-order valence-electron chi connectivity index (χ1n) is 9.17. The lowest BCUT2D eigenvalue weighted by Crippen LogP contribution is -2.39. The summed E-state index contributed by atoms with van der Waals surface area (Å²) < 4.78 is 6.42. The van der Waals surface area contributed by atoms with Crippen molar-refractivity contribution in [3.63, 3.8) is 0 Å². The van der Waals surface area contributed by atoms with Gasteiger partial charge in [0.25, 0.3) is 0 Å². The quantitative estimate of drug-likeness (QED) is 0.677. The van der Waals surface area contributed by atoms with E-state index in [0.717, 1.165) is 25.9 Å². The van der Waals surface area contributed by atoms with E-state index < -0.39 is 17.7 Å². The zero-order chi connectivity index (χ0) is 20.6. The number of nitrogens with zero attached hydrogens (tertiary/aromatic N) is 2. The van der Waals surface area contributed by atoms with Gasteiger partial charge in [-0.25, -0.2) is 9.78 Å². The van der Waals surface area contributed by atoms with Crippen LogP contribution in [0.25, 0.3) is 0 Å². The third-order valence-electron chi connectivity index (χ3n) is 4.87. The van der Waals surface area contributed by atoms with E-state index >= 15 is 0 Å². The van der Waals surface area contributed by atoms with Crippen LogP contribution >= 0.6 is 15.9 Å². The molecule has 0 spiro atoms. The van der Waals surface area contributed by atoms with Gasteiger partial charge in [-0.05, 0) is 61.9 Å². The Balaban J connectivity index is 2.63. The van der Waals surface area contributed by atoms with Gasteiger partial charge in [0.1, 0.15) is 5.69 Å². The molecule has 1 aromatic heterocycles. The van der Waals surface area contributed by atoms with Crippen molar-refractivity contribution in [1.29, 1.82) is 0 Å². The number of carboxylic acids is 1. The Hall–Kier alpha value is -1.47. The first kappa shape index (κ1) is 21.8. The number of carbonyl (C=O) groups is 2. The van der Waals surface area contributed by atoms with Gasteiger partial charge in [-0.1, -0.05) is 13.8 Å². The largest absolute Gasteiger partial charge is 0.479 e. The van der Waals surface area contributed by atoms with Gasteiger partial charge >= 0.3 is 5.97 Å². The van der Waals surface area contributed by atoms with E-state index in [1.807, 2.05) is 20.8 Å². The van der Waals surface area contributed by atoms with Crippen molar-refractivity contribution >= 4 is 33.9 Å². The van der Waals surface area contributed by atoms with Crippen molar-refractivity contribution in [1.82, 2.24) is 4.98 Å². The van der Waals surface area contributed by atoms with E-state index in [2.05, 4.69) is 39.7 Å². The lowest BCUT2D eigenvalue weighted by Gasteiger charge is -2.40. The monoisotopic (exact) mass is 440 g/mol. The first-order valence-corrected chi connectivity index (χ1v) is 9.96. The Bertz CT molecular complexity index is 730. The summed E-state index contributed by atoms with van der Waals surface area (Å²) in [5, 5.41) is 9.88. The molecule has 27 heavy (non-hydrogen) atoms. The zero-order valence-corrected chi connectivity index (χ0v) is 18.5. The van der Waals surface area contributed by atoms with Crippen molar-refractivity contribution in [2.75, 3.05) is 18.0 Å². The number of anilines is 1. The molecule has 0 bridgehead atoms. The van der Waals surface area contributed by atoms with E-state index in [1.165, 1.54) is 0 Å². The first-order chi connectivity index (χ1) is 12.4. The van der Waals surface area contributed by atoms with Gasteiger partial charge in [0.15, 0.2) is 12.4 Å². The number of ether oxygens (including phenoxy) is 1. The number of aldehydes is 1. The summed E-state index contributed by atoms with van der Waals surface area (Å²) in [5.41, 5.74) is 1.58. The molecule has 0 radical (unpaired) electrons. The van der Waals surface area contributed by atoms with E-state index in [-0.39, 0.29) is 11.1 Å². The van der Waals surface area contributed by atoms with Gasteiger partial charge in [-0.2, -0.15) is 0 Å². The van der Waals surface area contributed by atoms with Crippen molar-refractivity contribution < 1.29 is 19.4 Å². The Morgan fingerprint density at radius 2 is 1.89 bits per heavy atom. The molecule has 150 valence electrons. The van der Waals surface area contributed by atoms with Crippen LogP contribution in [-0.2, 0) is 9.53 Å². The van der Waals surface area contributed by atoms with E-state index in [4.69, 9.17) is 4.74 Å². The van der Waals surface area contributed by atoms with Crippen LogP contribution in [0, 0.1) is 12.3 Å². The van der Waals surface area contributed by atoms with E-state index in [9.17, 15) is 14.7 Å². The minimum Gasteiger partial charge on any atom is -0.479 e. The van der Waals surface area contributed by atoms with Crippen LogP contribution in [0.4, 0.5) is 5.69 Å². The van der Waals surface area contributed by atoms with Crippen LogP contribution in [0.5, 0.6) is 0 Å². The number of piperidine rings is 1. The molecule has 6 nitrogen and oxygen atoms in total. The standard InChI is InChI=1S/C20H29BrN2O4/c1-12-14(17(18(25)26)27-19(2,3)4)16(15(21)13(11-24)22-12)23-9-7-20(5,6)8-10-23/h11,17H,7-10H2,1-6H3,(H,25,26). The zero-order valence-electron chi connectivity index (χ0n) is 16.9. The topological polar surface area (TPSA) is 79.7 Å². The minimum atomic E-state index is -1.17. The van der Waals surface area contributed by atoms with Crippen molar-refractivity contribution in [3.05, 3.63) is 21.4 Å². The predicted octanol–water partition coefficient (Wildman–Crippen LogP) is 4.53. The van der Waals surface area contributed by atoms with E-state index in [1.54, 1.807) is 6.92 Å². The fourth-order valence-corrected chi connectivity index (χ4v) is 3.97. The molecule has 0 aliphatic carbocycles. The molecule has 1 aromatic rings. The van der Waals surface area contributed by atoms with Crippen LogP contribution in [-0.4, -0.2) is 41.0 Å². The lowest BCUT2D eigenvalue weighted by atomic mass is 9.82. The smallest absolute Gasteiger partial charge is 0.337 e. The number of aromatic nitrogens is 1. The van der Waals surface area contributed by atoms with Gasteiger partial charge in [-0.15, -0.1) is 0 Å². The maximum absolute atomic E-state index is 12.1. The van der Waals surface area contributed by atoms with Gasteiger partial charge in [0.05, 0.1) is 15.8 Å². The van der Waals surface area contributed by atoms with Crippen molar-refractivity contribution in [2.24, 2.45) is 5.41 Å². The highest BCUT2D eigenvalue weighted by Crippen LogP contribution is 2.42. The summed E-state index contributed by atoms with van der Waals surface area (Å²) in [6.45, 7) is 13.2. The number of carbonyl (C=O) groups excluding carboxylic acids is 1. The molecule has 7 heteroatoms. The fraction of sp³-hybridized carbons (Fsp3) is 0.650. The predicted molar refractivity (Wildman–Crippen MR) is 109 cm³/mol. The molecular weight excluding hydrogens is 412 g/mol. The Morgan fingerprint density at radius 1 is 1.33 bits per heavy atom. The number of pyridine rings is 1. The number of hydrogen-bond donors (Lipinski definition) is 1. The lowest BCUT2D eigenvalue weighted by molar-refractivity contribution is -0.160. The molecule has 0 amide bonds. The molecule has 0 aromatic carbocycles. The van der Waals surface area contributed by atoms with E-state index in [0.29, 0.717) is 27.7 Å². The van der Waals surface area contributed by atoms with Crippen LogP contribution in [0.3, 0.4) is 0 Å². The molecule has 1 aliphatic heterocycles. The number of halogens is 1. The Morgan fingerprint density at radius 3 is 2.33 bits per heavy atom. The molecule has 1 N–H and O–H groups in total. The second-order valence-corrected chi connectivity index (χ2v) is 9.67. The van der Waals surface area contributed by atoms with Crippen LogP contribution in [0.2, 0.25) is 0 Å². The molecule has 0 saturated carbocycles. The molecule has 1 saturated heterocycles. The number of hydrogen-bond acceptors (Lipinski definition) is 5. The normalized spacial score (nSPS) is 18.3. The Kier molecular flexibility index (Phi) is 6.37. The summed E-state index contributed by atoms with van der Waals surface area (Å²) >= 11 is 3.50. The van der Waals surface area contributed by atoms with Crippen LogP contribution < -0.4 is 4.90 Å². The average Bonchev–Trinajstić information content (AvgIpc) is 2.54. The van der Waals surface area contributed by atoms with Crippen molar-refractivity contribution in [2.45, 2.75) is 66.1 Å². The number of carboxylic acid groups (broad SMARTS) is 1. The maximum atomic E-state index is 12.1. The number of rotatable bonds is 5. The highest BCUT2D eigenvalue weighted by atomic mass is 79.9. The summed E-state index contributed by atoms with van der Waals surface area (Å²) in [5.74, 6) is -1.07. The summed E-state index contributed by atoms with van der Waals surface area (Å²) in [4.78, 5) is 30.1. The van der Waals surface area contributed by atoms with Gasteiger partial charge in [0, 0.05) is 24.3 Å². The highest BCUT2D eigenvalue weighted by Gasteiger charge is 2.36. The SMILES string of the molecule is Cc1nc(C=O)c(Br)c(N2CCC(C)(C)CC2)c1C(OC(C)(C)C)C(=O)O. The third-order valence-corrected chi connectivity index (χ3v) is 5.65. The van der Waals surface area contributed by atoms with Crippen LogP contribution in [0.15, 0.2) is 4.47 Å². The average molecular weight is 441 g/mol. The molecule has 1 aliphatic rings. The van der Waals surface area contributed by atoms with Gasteiger partial charge in [-0.3, -0.25) is 4.79 Å². The second-order valence-electron chi connectivity index (χ2n) is 8.88. The fourth-order valence-electron chi connectivity index (χ4n) is 3.32.